The zero-order chi connectivity index (χ0) is 26.2. The third-order valence-corrected chi connectivity index (χ3v) is 6.94. The molecular formula is C29H27N3O4S. The average molecular weight is 514 g/mol. The van der Waals surface area contributed by atoms with E-state index in [9.17, 15) is 14.9 Å². The van der Waals surface area contributed by atoms with Crippen molar-refractivity contribution in [3.05, 3.63) is 112 Å². The van der Waals surface area contributed by atoms with E-state index in [4.69, 9.17) is 9.15 Å². The van der Waals surface area contributed by atoms with Crippen molar-refractivity contribution < 1.29 is 18.7 Å². The molecule has 188 valence electrons. The van der Waals surface area contributed by atoms with E-state index in [1.54, 1.807) is 19.1 Å². The number of hydrogen-bond donors (Lipinski definition) is 2. The maximum atomic E-state index is 13.2. The van der Waals surface area contributed by atoms with E-state index < -0.39 is 11.9 Å². The van der Waals surface area contributed by atoms with Crippen LogP contribution in [0, 0.1) is 11.3 Å². The SMILES string of the molecule is CCc1ccccc1NC(=O)CSC1=C(C#N)C(c2ccco2)C(C(=O)OCc2ccccc2)=C(C)N1. The van der Waals surface area contributed by atoms with Crippen LogP contribution in [0.3, 0.4) is 0 Å². The van der Waals surface area contributed by atoms with Crippen molar-refractivity contribution in [2.45, 2.75) is 32.8 Å². The molecule has 0 bridgehead atoms. The monoisotopic (exact) mass is 513 g/mol. The predicted octanol–water partition coefficient (Wildman–Crippen LogP) is 5.65. The summed E-state index contributed by atoms with van der Waals surface area (Å²) in [7, 11) is 0. The average Bonchev–Trinajstić information content (AvgIpc) is 3.46. The van der Waals surface area contributed by atoms with Crippen LogP contribution in [0.4, 0.5) is 5.69 Å². The molecule has 2 heterocycles. The van der Waals surface area contributed by atoms with Crippen molar-refractivity contribution in [1.82, 2.24) is 5.32 Å². The van der Waals surface area contributed by atoms with Crippen LogP contribution in [0.25, 0.3) is 0 Å². The molecule has 4 rings (SSSR count). The Balaban J connectivity index is 1.54. The second-order valence-electron chi connectivity index (χ2n) is 8.38. The first kappa shape index (κ1) is 25.9. The van der Waals surface area contributed by atoms with Crippen LogP contribution < -0.4 is 10.6 Å². The van der Waals surface area contributed by atoms with Crippen molar-refractivity contribution in [2.75, 3.05) is 11.1 Å². The van der Waals surface area contributed by atoms with Gasteiger partial charge in [0.05, 0.1) is 40.2 Å². The quantitative estimate of drug-likeness (QED) is 0.356. The van der Waals surface area contributed by atoms with Crippen LogP contribution in [0.5, 0.6) is 0 Å². The van der Waals surface area contributed by atoms with E-state index in [0.29, 0.717) is 27.6 Å². The summed E-state index contributed by atoms with van der Waals surface area (Å²) in [6.07, 6.45) is 2.30. The fourth-order valence-corrected chi connectivity index (χ4v) is 5.00. The number of anilines is 1. The Morgan fingerprint density at radius 2 is 1.86 bits per heavy atom. The molecule has 8 heteroatoms. The molecule has 7 nitrogen and oxygen atoms in total. The Bertz CT molecular complexity index is 1370. The van der Waals surface area contributed by atoms with Gasteiger partial charge in [-0.1, -0.05) is 67.2 Å². The molecule has 2 aromatic carbocycles. The highest BCUT2D eigenvalue weighted by Crippen LogP contribution is 2.41. The first-order valence-corrected chi connectivity index (χ1v) is 12.9. The standard InChI is InChI=1S/C29H27N3O4S/c1-3-21-12-7-8-13-23(21)32-25(33)18-37-28-22(16-30)27(24-14-9-15-35-24)26(19(2)31-28)29(34)36-17-20-10-5-4-6-11-20/h4-15,27,31H,3,17-18H2,1-2H3,(H,32,33). The number of nitriles is 1. The van der Waals surface area contributed by atoms with Crippen molar-refractivity contribution in [1.29, 1.82) is 5.26 Å². The number of allylic oxidation sites excluding steroid dienone is 2. The third-order valence-electron chi connectivity index (χ3n) is 5.93. The van der Waals surface area contributed by atoms with Crippen LogP contribution in [-0.4, -0.2) is 17.6 Å². The van der Waals surface area contributed by atoms with Gasteiger partial charge < -0.3 is 19.8 Å². The molecule has 3 aromatic rings. The van der Waals surface area contributed by atoms with E-state index in [2.05, 4.69) is 16.7 Å². The Hall–Kier alpha value is -4.22. The molecule has 1 atom stereocenters. The molecule has 0 saturated carbocycles. The van der Waals surface area contributed by atoms with Gasteiger partial charge in [0, 0.05) is 11.4 Å². The highest BCUT2D eigenvalue weighted by molar-refractivity contribution is 8.03. The number of hydrogen-bond acceptors (Lipinski definition) is 7. The van der Waals surface area contributed by atoms with Gasteiger partial charge >= 0.3 is 5.97 Å². The van der Waals surface area contributed by atoms with Crippen molar-refractivity contribution in [2.24, 2.45) is 0 Å². The molecule has 1 aliphatic rings. The molecule has 0 aliphatic carbocycles. The number of aryl methyl sites for hydroxylation is 1. The van der Waals surface area contributed by atoms with Crippen LogP contribution in [0.1, 0.15) is 36.7 Å². The van der Waals surface area contributed by atoms with Gasteiger partial charge in [0.2, 0.25) is 5.91 Å². The van der Waals surface area contributed by atoms with Gasteiger partial charge in [-0.05, 0) is 42.7 Å². The zero-order valence-corrected chi connectivity index (χ0v) is 21.4. The first-order chi connectivity index (χ1) is 18.0. The summed E-state index contributed by atoms with van der Waals surface area (Å²) in [5, 5.41) is 16.7. The third kappa shape index (κ3) is 6.13. The molecule has 37 heavy (non-hydrogen) atoms. The number of furan rings is 1. The second-order valence-corrected chi connectivity index (χ2v) is 9.36. The molecule has 1 aliphatic heterocycles. The smallest absolute Gasteiger partial charge is 0.337 e. The minimum Gasteiger partial charge on any atom is -0.468 e. The van der Waals surface area contributed by atoms with E-state index >= 15 is 0 Å². The normalized spacial score (nSPS) is 15.1. The number of benzene rings is 2. The Morgan fingerprint density at radius 3 is 2.57 bits per heavy atom. The minimum absolute atomic E-state index is 0.0809. The van der Waals surface area contributed by atoms with Gasteiger partial charge in [-0.2, -0.15) is 5.26 Å². The van der Waals surface area contributed by atoms with E-state index in [0.717, 1.165) is 23.2 Å². The lowest BCUT2D eigenvalue weighted by Gasteiger charge is -2.28. The summed E-state index contributed by atoms with van der Waals surface area (Å²) >= 11 is 1.21. The molecular weight excluding hydrogens is 486 g/mol. The van der Waals surface area contributed by atoms with Gasteiger partial charge in [-0.25, -0.2) is 4.79 Å². The Kier molecular flexibility index (Phi) is 8.49. The van der Waals surface area contributed by atoms with Crippen LogP contribution >= 0.6 is 11.8 Å². The van der Waals surface area contributed by atoms with Crippen LogP contribution in [0.15, 0.2) is 99.3 Å². The number of amides is 1. The van der Waals surface area contributed by atoms with Crippen molar-refractivity contribution >= 4 is 29.3 Å². The van der Waals surface area contributed by atoms with Crippen LogP contribution in [-0.2, 0) is 27.4 Å². The maximum Gasteiger partial charge on any atom is 0.337 e. The van der Waals surface area contributed by atoms with E-state index in [1.807, 2.05) is 61.5 Å². The number of carbonyl (C=O) groups excluding carboxylic acids is 2. The van der Waals surface area contributed by atoms with Crippen LogP contribution in [0.2, 0.25) is 0 Å². The second kappa shape index (κ2) is 12.2. The van der Waals surface area contributed by atoms with Gasteiger partial charge in [-0.3, -0.25) is 4.79 Å². The Morgan fingerprint density at radius 1 is 1.11 bits per heavy atom. The number of rotatable bonds is 9. The lowest BCUT2D eigenvalue weighted by Crippen LogP contribution is -2.29. The molecule has 0 fully saturated rings. The number of nitrogens with zero attached hydrogens (tertiary/aromatic N) is 1. The minimum atomic E-state index is -0.754. The maximum absolute atomic E-state index is 13.2. The zero-order valence-electron chi connectivity index (χ0n) is 20.6. The van der Waals surface area contributed by atoms with Gasteiger partial charge in [0.1, 0.15) is 12.4 Å². The molecule has 0 radical (unpaired) electrons. The van der Waals surface area contributed by atoms with Crippen molar-refractivity contribution in [3.8, 4) is 6.07 Å². The topological polar surface area (TPSA) is 104 Å². The van der Waals surface area contributed by atoms with Gasteiger partial charge in [0.15, 0.2) is 0 Å². The summed E-state index contributed by atoms with van der Waals surface area (Å²) in [5.74, 6) is -0.959. The number of para-hydroxylation sites is 1. The lowest BCUT2D eigenvalue weighted by molar-refractivity contribution is -0.140. The van der Waals surface area contributed by atoms with Gasteiger partial charge in [-0.15, -0.1) is 0 Å². The highest BCUT2D eigenvalue weighted by Gasteiger charge is 2.37. The summed E-state index contributed by atoms with van der Waals surface area (Å²) < 4.78 is 11.2. The number of esters is 1. The van der Waals surface area contributed by atoms with E-state index in [1.165, 1.54) is 18.0 Å². The fraction of sp³-hybridized carbons (Fsp3) is 0.207. The molecule has 1 amide bonds. The molecule has 1 unspecified atom stereocenters. The Labute approximate surface area is 220 Å². The molecule has 2 N–H and O–H groups in total. The van der Waals surface area contributed by atoms with Crippen molar-refractivity contribution in [3.63, 3.8) is 0 Å². The summed E-state index contributed by atoms with van der Waals surface area (Å²) in [5.41, 5.74) is 3.80. The largest absolute Gasteiger partial charge is 0.468 e. The fourth-order valence-electron chi connectivity index (χ4n) is 4.11. The highest BCUT2D eigenvalue weighted by atomic mass is 32.2. The van der Waals surface area contributed by atoms with E-state index in [-0.39, 0.29) is 18.3 Å². The number of carbonyl (C=O) groups is 2. The van der Waals surface area contributed by atoms with Gasteiger partial charge in [0.25, 0.3) is 0 Å². The number of ether oxygens (including phenoxy) is 1. The summed E-state index contributed by atoms with van der Waals surface area (Å²) in [4.78, 5) is 26.0. The lowest BCUT2D eigenvalue weighted by atomic mass is 9.86. The molecule has 0 saturated heterocycles. The number of thioether (sulfide) groups is 1. The number of dihydropyridines is 1. The summed E-state index contributed by atoms with van der Waals surface area (Å²) in [6, 6.07) is 22.7. The number of nitrogens with one attached hydrogen (secondary N) is 2. The molecule has 0 spiro atoms. The first-order valence-electron chi connectivity index (χ1n) is 11.9. The predicted molar refractivity (Wildman–Crippen MR) is 143 cm³/mol. The summed E-state index contributed by atoms with van der Waals surface area (Å²) in [6.45, 7) is 3.89. The molecule has 1 aromatic heterocycles.